The Morgan fingerprint density at radius 3 is 2.52 bits per heavy atom. The van der Waals surface area contributed by atoms with Crippen molar-refractivity contribution in [3.8, 4) is 5.88 Å². The van der Waals surface area contributed by atoms with Crippen LogP contribution in [0.2, 0.25) is 0 Å². The molecule has 1 aliphatic heterocycles. The van der Waals surface area contributed by atoms with E-state index in [-0.39, 0.29) is 0 Å². The molecule has 0 saturated carbocycles. The molecule has 0 spiro atoms. The monoisotopic (exact) mass is 385 g/mol. The molecule has 1 N–H and O–H groups in total. The number of likely N-dealkylation sites (tertiary alicyclic amines) is 1. The molecule has 0 atom stereocenters. The summed E-state index contributed by atoms with van der Waals surface area (Å²) in [5.74, 6) is 1.07. The highest BCUT2D eigenvalue weighted by Crippen LogP contribution is 2.30. The van der Waals surface area contributed by atoms with Gasteiger partial charge in [0.15, 0.2) is 0 Å². The maximum Gasteiger partial charge on any atom is 0.200 e. The van der Waals surface area contributed by atoms with Crippen molar-refractivity contribution >= 4 is 21.8 Å². The highest BCUT2D eigenvalue weighted by molar-refractivity contribution is 5.95. The van der Waals surface area contributed by atoms with E-state index in [1.807, 2.05) is 41.1 Å². The fourth-order valence-electron chi connectivity index (χ4n) is 4.54. The minimum atomic E-state index is 0.347. The number of piperidine rings is 1. The van der Waals surface area contributed by atoms with Crippen molar-refractivity contribution in [3.63, 3.8) is 0 Å². The highest BCUT2D eigenvalue weighted by Gasteiger charge is 2.20. The SMILES string of the molecule is Oc1c2cc3ccccc3nc2cn1CCC1CCN(Cc2ccccc2)CC1. The van der Waals surface area contributed by atoms with Crippen molar-refractivity contribution in [3.05, 3.63) is 72.4 Å². The summed E-state index contributed by atoms with van der Waals surface area (Å²) in [5.41, 5.74) is 3.25. The van der Waals surface area contributed by atoms with E-state index in [0.717, 1.165) is 60.3 Å². The van der Waals surface area contributed by atoms with E-state index in [1.54, 1.807) is 0 Å². The molecule has 0 bridgehead atoms. The molecule has 0 radical (unpaired) electrons. The summed E-state index contributed by atoms with van der Waals surface area (Å²) in [6, 6.07) is 20.9. The zero-order chi connectivity index (χ0) is 19.6. The van der Waals surface area contributed by atoms with Gasteiger partial charge in [-0.1, -0.05) is 48.5 Å². The summed E-state index contributed by atoms with van der Waals surface area (Å²) < 4.78 is 1.98. The number of fused-ring (bicyclic) bond motifs is 2. The van der Waals surface area contributed by atoms with Crippen LogP contribution in [0.1, 0.15) is 24.8 Å². The Bertz CT molecular complexity index is 1110. The molecule has 4 aromatic rings. The first-order chi connectivity index (χ1) is 14.3. The standard InChI is InChI=1S/C25H27N3O/c29-25-22-16-21-8-4-5-9-23(21)26-24(22)18-28(25)15-12-19-10-13-27(14-11-19)17-20-6-2-1-3-7-20/h1-9,16,18-19,29H,10-15,17H2. The van der Waals surface area contributed by atoms with Crippen LogP contribution in [0.25, 0.3) is 21.8 Å². The minimum absolute atomic E-state index is 0.347. The summed E-state index contributed by atoms with van der Waals surface area (Å²) in [5, 5.41) is 12.6. The number of aryl methyl sites for hydroxylation is 1. The fourth-order valence-corrected chi connectivity index (χ4v) is 4.54. The molecule has 1 saturated heterocycles. The average Bonchev–Trinajstić information content (AvgIpc) is 3.07. The van der Waals surface area contributed by atoms with Gasteiger partial charge in [0.25, 0.3) is 0 Å². The molecule has 5 rings (SSSR count). The van der Waals surface area contributed by atoms with Crippen LogP contribution in [-0.4, -0.2) is 32.6 Å². The summed E-state index contributed by atoms with van der Waals surface area (Å²) >= 11 is 0. The number of aromatic hydroxyl groups is 1. The van der Waals surface area contributed by atoms with E-state index in [4.69, 9.17) is 4.98 Å². The number of hydrogen-bond acceptors (Lipinski definition) is 3. The number of benzene rings is 2. The van der Waals surface area contributed by atoms with Gasteiger partial charge in [-0.3, -0.25) is 4.90 Å². The Balaban J connectivity index is 1.21. The fraction of sp³-hybridized carbons (Fsp3) is 0.320. The predicted molar refractivity (Wildman–Crippen MR) is 118 cm³/mol. The number of aromatic nitrogens is 2. The lowest BCUT2D eigenvalue weighted by Gasteiger charge is -2.32. The van der Waals surface area contributed by atoms with Crippen LogP contribution < -0.4 is 0 Å². The molecular formula is C25H27N3O. The molecule has 148 valence electrons. The van der Waals surface area contributed by atoms with Gasteiger partial charge in [-0.25, -0.2) is 4.98 Å². The molecule has 0 unspecified atom stereocenters. The zero-order valence-electron chi connectivity index (χ0n) is 16.7. The summed E-state index contributed by atoms with van der Waals surface area (Å²) in [6.45, 7) is 4.22. The highest BCUT2D eigenvalue weighted by atomic mass is 16.3. The zero-order valence-corrected chi connectivity index (χ0v) is 16.7. The smallest absolute Gasteiger partial charge is 0.200 e. The van der Waals surface area contributed by atoms with Crippen molar-refractivity contribution < 1.29 is 5.11 Å². The number of nitrogens with zero attached hydrogens (tertiary/aromatic N) is 3. The van der Waals surface area contributed by atoms with Gasteiger partial charge >= 0.3 is 0 Å². The second-order valence-electron chi connectivity index (χ2n) is 8.25. The lowest BCUT2D eigenvalue weighted by Crippen LogP contribution is -2.33. The Hall–Kier alpha value is -2.85. The third-order valence-electron chi connectivity index (χ3n) is 6.28. The minimum Gasteiger partial charge on any atom is -0.494 e. The van der Waals surface area contributed by atoms with Gasteiger partial charge in [0.1, 0.15) is 0 Å². The van der Waals surface area contributed by atoms with E-state index >= 15 is 0 Å². The van der Waals surface area contributed by atoms with Crippen molar-refractivity contribution in [1.29, 1.82) is 0 Å². The van der Waals surface area contributed by atoms with Crippen molar-refractivity contribution in [2.45, 2.75) is 32.4 Å². The van der Waals surface area contributed by atoms with E-state index in [9.17, 15) is 5.11 Å². The Kier molecular flexibility index (Phi) is 4.94. The quantitative estimate of drug-likeness (QED) is 0.513. The van der Waals surface area contributed by atoms with Crippen molar-refractivity contribution in [2.24, 2.45) is 5.92 Å². The lowest BCUT2D eigenvalue weighted by atomic mass is 9.93. The van der Waals surface area contributed by atoms with E-state index in [0.29, 0.717) is 5.88 Å². The number of hydrogen-bond donors (Lipinski definition) is 1. The van der Waals surface area contributed by atoms with Gasteiger partial charge in [-0.05, 0) is 56.0 Å². The normalized spacial score (nSPS) is 16.0. The molecule has 4 heteroatoms. The van der Waals surface area contributed by atoms with Gasteiger partial charge in [-0.15, -0.1) is 0 Å². The molecule has 0 amide bonds. The molecule has 1 aliphatic rings. The first-order valence-corrected chi connectivity index (χ1v) is 10.6. The summed E-state index contributed by atoms with van der Waals surface area (Å²) in [6.07, 6.45) is 5.57. The second kappa shape index (κ2) is 7.88. The van der Waals surface area contributed by atoms with E-state index < -0.39 is 0 Å². The van der Waals surface area contributed by atoms with Crippen LogP contribution >= 0.6 is 0 Å². The Morgan fingerprint density at radius 2 is 1.69 bits per heavy atom. The number of para-hydroxylation sites is 1. The lowest BCUT2D eigenvalue weighted by molar-refractivity contribution is 0.168. The topological polar surface area (TPSA) is 41.3 Å². The Labute approximate surface area is 171 Å². The molecule has 3 heterocycles. The van der Waals surface area contributed by atoms with Crippen molar-refractivity contribution in [1.82, 2.24) is 14.5 Å². The maximum absolute atomic E-state index is 10.7. The van der Waals surface area contributed by atoms with Gasteiger partial charge in [0.05, 0.1) is 16.4 Å². The third kappa shape index (κ3) is 3.85. The first kappa shape index (κ1) is 18.2. The van der Waals surface area contributed by atoms with Crippen molar-refractivity contribution in [2.75, 3.05) is 13.1 Å². The molecule has 4 nitrogen and oxygen atoms in total. The van der Waals surface area contributed by atoms with E-state index in [2.05, 4.69) is 35.2 Å². The number of rotatable bonds is 5. The van der Waals surface area contributed by atoms with Crippen LogP contribution in [0, 0.1) is 5.92 Å². The van der Waals surface area contributed by atoms with Gasteiger partial charge in [0.2, 0.25) is 5.88 Å². The third-order valence-corrected chi connectivity index (χ3v) is 6.28. The molecule has 0 aliphatic carbocycles. The van der Waals surface area contributed by atoms with E-state index in [1.165, 1.54) is 18.4 Å². The Morgan fingerprint density at radius 1 is 0.931 bits per heavy atom. The van der Waals surface area contributed by atoms with Gasteiger partial charge in [-0.2, -0.15) is 0 Å². The van der Waals surface area contributed by atoms with Crippen LogP contribution in [0.15, 0.2) is 66.9 Å². The molecular weight excluding hydrogens is 358 g/mol. The largest absolute Gasteiger partial charge is 0.494 e. The van der Waals surface area contributed by atoms with Crippen LogP contribution in [0.4, 0.5) is 0 Å². The van der Waals surface area contributed by atoms with Crippen LogP contribution in [0.3, 0.4) is 0 Å². The average molecular weight is 386 g/mol. The molecule has 29 heavy (non-hydrogen) atoms. The molecule has 1 fully saturated rings. The van der Waals surface area contributed by atoms with Gasteiger partial charge in [0, 0.05) is 24.7 Å². The number of pyridine rings is 1. The molecule has 2 aromatic carbocycles. The van der Waals surface area contributed by atoms with Gasteiger partial charge < -0.3 is 9.67 Å². The second-order valence-corrected chi connectivity index (χ2v) is 8.25. The maximum atomic E-state index is 10.7. The van der Waals surface area contributed by atoms with Crippen LogP contribution in [-0.2, 0) is 13.1 Å². The summed E-state index contributed by atoms with van der Waals surface area (Å²) in [4.78, 5) is 7.27. The van der Waals surface area contributed by atoms with Crippen LogP contribution in [0.5, 0.6) is 5.88 Å². The predicted octanol–water partition coefficient (Wildman–Crippen LogP) is 5.20. The summed E-state index contributed by atoms with van der Waals surface area (Å²) in [7, 11) is 0. The molecule has 2 aromatic heterocycles. The first-order valence-electron chi connectivity index (χ1n) is 10.6.